The highest BCUT2D eigenvalue weighted by Crippen LogP contribution is 2.19. The van der Waals surface area contributed by atoms with Gasteiger partial charge in [-0.15, -0.1) is 11.3 Å². The Hall–Kier alpha value is -1.32. The molecule has 2 N–H and O–H groups in total. The summed E-state index contributed by atoms with van der Waals surface area (Å²) in [7, 11) is 0. The van der Waals surface area contributed by atoms with Gasteiger partial charge in [-0.2, -0.15) is 0 Å². The fourth-order valence-electron chi connectivity index (χ4n) is 2.18. The average molecular weight is 275 g/mol. The van der Waals surface area contributed by atoms with E-state index >= 15 is 0 Å². The van der Waals surface area contributed by atoms with Gasteiger partial charge in [0, 0.05) is 17.0 Å². The molecule has 1 aromatic carbocycles. The summed E-state index contributed by atoms with van der Waals surface area (Å²) < 4.78 is 0. The Bertz CT molecular complexity index is 478. The first-order valence-electron chi connectivity index (χ1n) is 6.72. The second-order valence-electron chi connectivity index (χ2n) is 5.01. The predicted octanol–water partition coefficient (Wildman–Crippen LogP) is 4.13. The first-order valence-corrected chi connectivity index (χ1v) is 7.60. The maximum atomic E-state index is 9.25. The van der Waals surface area contributed by atoms with Crippen molar-refractivity contribution in [3.63, 3.8) is 0 Å². The molecule has 0 aliphatic heterocycles. The Kier molecular flexibility index (Phi) is 5.00. The van der Waals surface area contributed by atoms with Crippen LogP contribution in [0.3, 0.4) is 0 Å². The van der Waals surface area contributed by atoms with Gasteiger partial charge in [-0.25, -0.2) is 0 Å². The third kappa shape index (κ3) is 4.37. The fraction of sp³-hybridized carbons (Fsp3) is 0.375. The van der Waals surface area contributed by atoms with Gasteiger partial charge < -0.3 is 10.4 Å². The predicted molar refractivity (Wildman–Crippen MR) is 81.8 cm³/mol. The summed E-state index contributed by atoms with van der Waals surface area (Å²) in [5.74, 6) is 0.334. The molecule has 0 saturated carbocycles. The maximum absolute atomic E-state index is 9.25. The fourth-order valence-corrected chi connectivity index (χ4v) is 2.92. The molecule has 2 nitrogen and oxygen atoms in total. The molecule has 0 aliphatic carbocycles. The molecule has 2 atom stereocenters. The molecule has 2 aromatic rings. The van der Waals surface area contributed by atoms with Crippen molar-refractivity contribution in [3.8, 4) is 5.75 Å². The lowest BCUT2D eigenvalue weighted by atomic mass is 10.1. The van der Waals surface area contributed by atoms with E-state index in [9.17, 15) is 5.11 Å². The number of hydrogen-bond acceptors (Lipinski definition) is 3. The number of thiophene rings is 1. The molecule has 0 radical (unpaired) electrons. The largest absolute Gasteiger partial charge is 0.508 e. The van der Waals surface area contributed by atoms with Crippen LogP contribution in [0, 0.1) is 0 Å². The Morgan fingerprint density at radius 1 is 1.16 bits per heavy atom. The van der Waals surface area contributed by atoms with Crippen LogP contribution < -0.4 is 5.32 Å². The monoisotopic (exact) mass is 275 g/mol. The number of benzene rings is 1. The summed E-state index contributed by atoms with van der Waals surface area (Å²) in [5, 5.41) is 15.0. The summed E-state index contributed by atoms with van der Waals surface area (Å²) in [6.07, 6.45) is 2.13. The summed E-state index contributed by atoms with van der Waals surface area (Å²) >= 11 is 1.80. The molecular weight excluding hydrogens is 254 g/mol. The second kappa shape index (κ2) is 6.73. The minimum absolute atomic E-state index is 0.334. The molecule has 0 spiro atoms. The lowest BCUT2D eigenvalue weighted by Gasteiger charge is -2.19. The van der Waals surface area contributed by atoms with Gasteiger partial charge in [-0.05, 0) is 55.8 Å². The van der Waals surface area contributed by atoms with E-state index in [2.05, 4.69) is 36.7 Å². The van der Waals surface area contributed by atoms with Gasteiger partial charge in [0.15, 0.2) is 0 Å². The molecule has 2 rings (SSSR count). The van der Waals surface area contributed by atoms with Gasteiger partial charge in [-0.1, -0.05) is 18.2 Å². The van der Waals surface area contributed by atoms with E-state index in [4.69, 9.17) is 0 Å². The van der Waals surface area contributed by atoms with E-state index in [1.807, 2.05) is 12.1 Å². The number of aromatic hydroxyl groups is 1. The van der Waals surface area contributed by atoms with Crippen LogP contribution in [0.1, 0.15) is 36.8 Å². The van der Waals surface area contributed by atoms with Crippen molar-refractivity contribution in [1.29, 1.82) is 0 Å². The van der Waals surface area contributed by atoms with Crippen LogP contribution in [0.25, 0.3) is 0 Å². The van der Waals surface area contributed by atoms with E-state index < -0.39 is 0 Å². The van der Waals surface area contributed by atoms with Crippen LogP contribution in [-0.4, -0.2) is 11.1 Å². The minimum atomic E-state index is 0.334. The third-order valence-electron chi connectivity index (χ3n) is 3.31. The van der Waals surface area contributed by atoms with E-state index in [-0.39, 0.29) is 0 Å². The van der Waals surface area contributed by atoms with Crippen molar-refractivity contribution in [2.24, 2.45) is 0 Å². The van der Waals surface area contributed by atoms with Crippen LogP contribution in [0.5, 0.6) is 5.75 Å². The minimum Gasteiger partial charge on any atom is -0.508 e. The number of aryl methyl sites for hydroxylation is 1. The van der Waals surface area contributed by atoms with Gasteiger partial charge in [0.2, 0.25) is 0 Å². The highest BCUT2D eigenvalue weighted by Gasteiger charge is 2.10. The quantitative estimate of drug-likeness (QED) is 0.831. The van der Waals surface area contributed by atoms with Crippen molar-refractivity contribution in [3.05, 3.63) is 52.2 Å². The summed E-state index contributed by atoms with van der Waals surface area (Å²) in [6, 6.07) is 12.6. The molecule has 102 valence electrons. The lowest BCUT2D eigenvalue weighted by Crippen LogP contribution is -2.28. The molecule has 0 aliphatic rings. The molecular formula is C16H21NOS. The highest BCUT2D eigenvalue weighted by atomic mass is 32.1. The molecule has 0 saturated heterocycles. The van der Waals surface area contributed by atoms with Crippen LogP contribution in [-0.2, 0) is 6.42 Å². The number of rotatable bonds is 6. The number of nitrogens with one attached hydrogen (secondary N) is 1. The number of phenolic OH excluding ortho intramolecular Hbond substituents is 1. The molecule has 1 heterocycles. The summed E-state index contributed by atoms with van der Waals surface area (Å²) in [6.45, 7) is 4.44. The molecule has 19 heavy (non-hydrogen) atoms. The van der Waals surface area contributed by atoms with E-state index in [0.29, 0.717) is 17.8 Å². The molecule has 2 unspecified atom stereocenters. The Balaban J connectivity index is 1.78. The smallest absolute Gasteiger partial charge is 0.115 e. The first-order chi connectivity index (χ1) is 9.15. The third-order valence-corrected chi connectivity index (χ3v) is 4.36. The van der Waals surface area contributed by atoms with E-state index in [0.717, 1.165) is 12.8 Å². The van der Waals surface area contributed by atoms with Gasteiger partial charge >= 0.3 is 0 Å². The molecule has 0 fully saturated rings. The zero-order chi connectivity index (χ0) is 13.7. The summed E-state index contributed by atoms with van der Waals surface area (Å²) in [5.41, 5.74) is 1.27. The number of hydrogen-bond donors (Lipinski definition) is 2. The van der Waals surface area contributed by atoms with E-state index in [1.165, 1.54) is 10.4 Å². The van der Waals surface area contributed by atoms with Gasteiger partial charge in [0.25, 0.3) is 0 Å². The van der Waals surface area contributed by atoms with Crippen molar-refractivity contribution in [1.82, 2.24) is 5.32 Å². The van der Waals surface area contributed by atoms with Crippen molar-refractivity contribution < 1.29 is 5.11 Å². The van der Waals surface area contributed by atoms with Crippen molar-refractivity contribution >= 4 is 11.3 Å². The lowest BCUT2D eigenvalue weighted by molar-refractivity contribution is 0.459. The topological polar surface area (TPSA) is 32.3 Å². The highest BCUT2D eigenvalue weighted by molar-refractivity contribution is 7.10. The van der Waals surface area contributed by atoms with Crippen LogP contribution in [0.2, 0.25) is 0 Å². The molecule has 1 aromatic heterocycles. The normalized spacial score (nSPS) is 14.2. The molecule has 3 heteroatoms. The number of phenols is 1. The van der Waals surface area contributed by atoms with Crippen molar-refractivity contribution in [2.75, 3.05) is 0 Å². The maximum Gasteiger partial charge on any atom is 0.115 e. The van der Waals surface area contributed by atoms with Crippen molar-refractivity contribution in [2.45, 2.75) is 38.8 Å². The summed E-state index contributed by atoms with van der Waals surface area (Å²) in [4.78, 5) is 1.39. The first kappa shape index (κ1) is 14.1. The molecule has 0 amide bonds. The van der Waals surface area contributed by atoms with E-state index in [1.54, 1.807) is 23.5 Å². The van der Waals surface area contributed by atoms with Gasteiger partial charge in [-0.3, -0.25) is 0 Å². The van der Waals surface area contributed by atoms with Crippen LogP contribution >= 0.6 is 11.3 Å². The standard InChI is InChI=1S/C16H21NOS/c1-12(17-13(2)16-4-3-11-19-16)5-6-14-7-9-15(18)10-8-14/h3-4,7-13,17-18H,5-6H2,1-2H3. The zero-order valence-corrected chi connectivity index (χ0v) is 12.3. The Labute approximate surface area is 119 Å². The van der Waals surface area contributed by atoms with Crippen LogP contribution in [0.4, 0.5) is 0 Å². The Morgan fingerprint density at radius 3 is 2.53 bits per heavy atom. The molecule has 0 bridgehead atoms. The zero-order valence-electron chi connectivity index (χ0n) is 11.5. The Morgan fingerprint density at radius 2 is 1.89 bits per heavy atom. The average Bonchev–Trinajstić information content (AvgIpc) is 2.92. The van der Waals surface area contributed by atoms with Gasteiger partial charge in [0.1, 0.15) is 5.75 Å². The van der Waals surface area contributed by atoms with Gasteiger partial charge in [0.05, 0.1) is 0 Å². The second-order valence-corrected chi connectivity index (χ2v) is 5.99. The van der Waals surface area contributed by atoms with Crippen LogP contribution in [0.15, 0.2) is 41.8 Å². The SMILES string of the molecule is CC(CCc1ccc(O)cc1)NC(C)c1cccs1.